The number of aliphatic imine (C=N–C) groups is 1. The second kappa shape index (κ2) is 14.4. The number of aryl methyl sites for hydroxylation is 2. The van der Waals surface area contributed by atoms with Crippen LogP contribution in [0.25, 0.3) is 27.6 Å². The van der Waals surface area contributed by atoms with Gasteiger partial charge in [-0.3, -0.25) is 4.99 Å². The zero-order valence-corrected chi connectivity index (χ0v) is 37.4. The molecule has 0 aliphatic carbocycles. The molecule has 0 N–H and O–H groups in total. The molecule has 4 heterocycles. The van der Waals surface area contributed by atoms with Crippen molar-refractivity contribution in [2.45, 2.75) is 97.4 Å². The molecule has 0 amide bonds. The summed E-state index contributed by atoms with van der Waals surface area (Å²) in [7, 11) is 0. The maximum absolute atomic E-state index is 6.89. The van der Waals surface area contributed by atoms with E-state index in [4.69, 9.17) is 19.5 Å². The molecule has 0 spiro atoms. The van der Waals surface area contributed by atoms with Crippen LogP contribution in [-0.4, -0.2) is 28.1 Å². The van der Waals surface area contributed by atoms with E-state index in [-0.39, 0.29) is 49.3 Å². The van der Waals surface area contributed by atoms with Gasteiger partial charge in [0.25, 0.3) is 0 Å². The SMILES string of the molecule is Cc1cnc2c(c1)c1cc(C(C)(C)C)cc3c1n2-c1[c-]c(Oc2[c-]c(C4=N[C@H](C(c5ccccc5)c5ccccc5)CO4)cc(C(C)(C)C)c2)c(C)cc1C3(C)C.[Pt+2]. The number of hydrogen-bond donors (Lipinski definition) is 0. The zero-order valence-electron chi connectivity index (χ0n) is 35.2. The Morgan fingerprint density at radius 3 is 2.05 bits per heavy atom. The first kappa shape index (κ1) is 39.8. The van der Waals surface area contributed by atoms with E-state index in [0.717, 1.165) is 39.0 Å². The van der Waals surface area contributed by atoms with Gasteiger partial charge in [-0.2, -0.15) is 6.07 Å². The molecule has 296 valence electrons. The summed E-state index contributed by atoms with van der Waals surface area (Å²) in [6.45, 7) is 22.9. The quantitative estimate of drug-likeness (QED) is 0.156. The number of fused-ring (bicyclic) bond motifs is 5. The predicted molar refractivity (Wildman–Crippen MR) is 233 cm³/mol. The topological polar surface area (TPSA) is 48.6 Å². The van der Waals surface area contributed by atoms with Gasteiger partial charge in [0, 0.05) is 34.4 Å². The third-order valence-electron chi connectivity index (χ3n) is 12.0. The third kappa shape index (κ3) is 6.80. The number of pyridine rings is 1. The Hall–Kier alpha value is -4.99. The molecule has 0 bridgehead atoms. The average molecular weight is 945 g/mol. The molecule has 0 radical (unpaired) electrons. The molecule has 0 fully saturated rings. The van der Waals surface area contributed by atoms with Crippen LogP contribution in [0.3, 0.4) is 0 Å². The maximum atomic E-state index is 6.89. The number of nitrogens with zero attached hydrogens (tertiary/aromatic N) is 3. The van der Waals surface area contributed by atoms with E-state index in [1.165, 1.54) is 38.7 Å². The van der Waals surface area contributed by atoms with E-state index in [2.05, 4.69) is 183 Å². The number of aromatic nitrogens is 2. The first-order valence-electron chi connectivity index (χ1n) is 20.2. The Morgan fingerprint density at radius 1 is 0.776 bits per heavy atom. The molecule has 0 saturated heterocycles. The molecule has 5 nitrogen and oxygen atoms in total. The minimum atomic E-state index is -0.286. The van der Waals surface area contributed by atoms with Gasteiger partial charge in [-0.05, 0) is 63.1 Å². The fourth-order valence-electron chi connectivity index (χ4n) is 8.70. The molecule has 1 atom stereocenters. The van der Waals surface area contributed by atoms with E-state index < -0.39 is 0 Å². The molecular weight excluding hydrogens is 894 g/mol. The Kier molecular flexibility index (Phi) is 9.87. The molecule has 0 unspecified atom stereocenters. The molecule has 2 aromatic heterocycles. The molecule has 5 aromatic carbocycles. The van der Waals surface area contributed by atoms with Crippen molar-refractivity contribution in [1.29, 1.82) is 0 Å². The van der Waals surface area contributed by atoms with Gasteiger partial charge in [0.2, 0.25) is 0 Å². The number of ether oxygens (including phenoxy) is 2. The maximum Gasteiger partial charge on any atom is 2.00 e. The number of benzene rings is 5. The monoisotopic (exact) mass is 944 g/mol. The summed E-state index contributed by atoms with van der Waals surface area (Å²) in [5.74, 6) is 1.92. The van der Waals surface area contributed by atoms with Crippen molar-refractivity contribution < 1.29 is 30.5 Å². The largest absolute Gasteiger partial charge is 2.00 e. The van der Waals surface area contributed by atoms with E-state index in [0.29, 0.717) is 24.0 Å². The Bertz CT molecular complexity index is 2690. The van der Waals surface area contributed by atoms with Gasteiger partial charge in [-0.1, -0.05) is 152 Å². The van der Waals surface area contributed by atoms with Crippen molar-refractivity contribution in [3.63, 3.8) is 0 Å². The minimum Gasteiger partial charge on any atom is -0.518 e. The van der Waals surface area contributed by atoms with Gasteiger partial charge in [-0.25, -0.2) is 4.98 Å². The van der Waals surface area contributed by atoms with E-state index in [1.807, 2.05) is 6.20 Å². The van der Waals surface area contributed by atoms with E-state index >= 15 is 0 Å². The first-order valence-corrected chi connectivity index (χ1v) is 20.2. The van der Waals surface area contributed by atoms with Gasteiger partial charge >= 0.3 is 21.1 Å². The number of hydrogen-bond acceptors (Lipinski definition) is 4. The van der Waals surface area contributed by atoms with Crippen LogP contribution in [0.2, 0.25) is 0 Å². The number of rotatable bonds is 6. The first-order chi connectivity index (χ1) is 27.1. The van der Waals surface area contributed by atoms with Gasteiger partial charge in [0.05, 0.1) is 18.2 Å². The summed E-state index contributed by atoms with van der Waals surface area (Å²) in [6, 6.07) is 42.1. The standard InChI is InChI=1S/C52H51N3O2.Pt/c1-31-21-40-39-26-37(51(6,7)8)27-42-47(39)55(48(40)53-29-31)44-28-45(32(2)22-41(44)52(42,9)10)57-38-24-35(23-36(25-38)50(3,4)5)49-54-43(30-56-49)46(33-17-13-11-14-18-33)34-19-15-12-16-20-34;/h11-23,25-27,29,43,46H,30H2,1-10H3;/q-2;+2/t43-;/m0./s1. The van der Waals surface area contributed by atoms with Gasteiger partial charge < -0.3 is 14.0 Å². The third-order valence-corrected chi connectivity index (χ3v) is 12.0. The van der Waals surface area contributed by atoms with Crippen LogP contribution in [-0.2, 0) is 42.0 Å². The molecule has 2 aliphatic heterocycles. The Labute approximate surface area is 357 Å². The van der Waals surface area contributed by atoms with Crippen molar-refractivity contribution in [3.8, 4) is 17.2 Å². The molecule has 9 rings (SSSR count). The van der Waals surface area contributed by atoms with Crippen molar-refractivity contribution in [2.24, 2.45) is 4.99 Å². The van der Waals surface area contributed by atoms with Crippen molar-refractivity contribution in [1.82, 2.24) is 9.55 Å². The molecule has 2 aliphatic rings. The van der Waals surface area contributed by atoms with Crippen LogP contribution in [0.5, 0.6) is 11.5 Å². The molecule has 0 saturated carbocycles. The Morgan fingerprint density at radius 2 is 1.41 bits per heavy atom. The fraction of sp³-hybridized carbons (Fsp3) is 0.308. The minimum absolute atomic E-state index is 0. The summed E-state index contributed by atoms with van der Waals surface area (Å²) in [4.78, 5) is 10.3. The second-order valence-corrected chi connectivity index (χ2v) is 18.7. The second-order valence-electron chi connectivity index (χ2n) is 18.7. The Balaban J connectivity index is 0.00000469. The van der Waals surface area contributed by atoms with Crippen molar-refractivity contribution in [2.75, 3.05) is 6.61 Å². The van der Waals surface area contributed by atoms with Crippen molar-refractivity contribution >= 4 is 27.8 Å². The molecular formula is C52H51N3O2Pt. The summed E-state index contributed by atoms with van der Waals surface area (Å²) in [6.07, 6.45) is 1.97. The van der Waals surface area contributed by atoms with Crippen LogP contribution in [0.15, 0.2) is 108 Å². The van der Waals surface area contributed by atoms with Gasteiger partial charge in [0.15, 0.2) is 0 Å². The van der Waals surface area contributed by atoms with Crippen LogP contribution < -0.4 is 4.74 Å². The zero-order chi connectivity index (χ0) is 40.0. The summed E-state index contributed by atoms with van der Waals surface area (Å²) in [5.41, 5.74) is 13.0. The molecule has 6 heteroatoms. The normalized spacial score (nSPS) is 15.9. The summed E-state index contributed by atoms with van der Waals surface area (Å²) in [5, 5.41) is 2.39. The molecule has 58 heavy (non-hydrogen) atoms. The van der Waals surface area contributed by atoms with Crippen molar-refractivity contribution in [3.05, 3.63) is 165 Å². The van der Waals surface area contributed by atoms with Gasteiger partial charge in [0.1, 0.15) is 11.5 Å². The van der Waals surface area contributed by atoms with Crippen LogP contribution >= 0.6 is 0 Å². The van der Waals surface area contributed by atoms with Crippen LogP contribution in [0, 0.1) is 26.0 Å². The average Bonchev–Trinajstić information content (AvgIpc) is 3.78. The van der Waals surface area contributed by atoms with E-state index in [9.17, 15) is 0 Å². The molecule has 7 aromatic rings. The fourth-order valence-corrected chi connectivity index (χ4v) is 8.70. The predicted octanol–water partition coefficient (Wildman–Crippen LogP) is 12.4. The van der Waals surface area contributed by atoms with Crippen LogP contribution in [0.1, 0.15) is 111 Å². The van der Waals surface area contributed by atoms with E-state index in [1.54, 1.807) is 0 Å². The summed E-state index contributed by atoms with van der Waals surface area (Å²) < 4.78 is 15.7. The smallest absolute Gasteiger partial charge is 0.518 e. The van der Waals surface area contributed by atoms with Gasteiger partial charge in [-0.15, -0.1) is 28.8 Å². The van der Waals surface area contributed by atoms with Crippen LogP contribution in [0.4, 0.5) is 0 Å². The summed E-state index contributed by atoms with van der Waals surface area (Å²) >= 11 is 0.